The van der Waals surface area contributed by atoms with Crippen LogP contribution in [0.1, 0.15) is 13.3 Å². The maximum absolute atomic E-state index is 11.2. The molecule has 0 atom stereocenters. The van der Waals surface area contributed by atoms with Gasteiger partial charge in [-0.2, -0.15) is 0 Å². The molecule has 1 heterocycles. The van der Waals surface area contributed by atoms with Crippen molar-refractivity contribution in [2.24, 2.45) is 0 Å². The SMILES string of the molecule is CCNC(=O)C1=CCOCC1. The van der Waals surface area contributed by atoms with Gasteiger partial charge in [-0.3, -0.25) is 4.79 Å². The number of ether oxygens (including phenoxy) is 1. The zero-order chi connectivity index (χ0) is 8.10. The Hall–Kier alpha value is -0.830. The van der Waals surface area contributed by atoms with Gasteiger partial charge in [-0.1, -0.05) is 6.08 Å². The fourth-order valence-electron chi connectivity index (χ4n) is 1.01. The number of amides is 1. The Balaban J connectivity index is 2.44. The van der Waals surface area contributed by atoms with Gasteiger partial charge in [-0.05, 0) is 6.92 Å². The number of carbonyl (C=O) groups excluding carboxylic acids is 1. The molecule has 0 aromatic carbocycles. The van der Waals surface area contributed by atoms with Crippen molar-refractivity contribution in [1.29, 1.82) is 0 Å². The second-order valence-electron chi connectivity index (χ2n) is 2.41. The lowest BCUT2D eigenvalue weighted by atomic mass is 10.1. The summed E-state index contributed by atoms with van der Waals surface area (Å²) in [5.41, 5.74) is 0.859. The molecule has 1 amide bonds. The predicted molar refractivity (Wildman–Crippen MR) is 42.2 cm³/mol. The standard InChI is InChI=1S/C8H13NO2/c1-2-9-8(10)7-3-5-11-6-4-7/h3H,2,4-6H2,1H3,(H,9,10). The van der Waals surface area contributed by atoms with Crippen LogP contribution in [0.15, 0.2) is 11.6 Å². The molecule has 0 unspecified atom stereocenters. The molecule has 1 aliphatic heterocycles. The van der Waals surface area contributed by atoms with Crippen LogP contribution in [0.25, 0.3) is 0 Å². The van der Waals surface area contributed by atoms with Gasteiger partial charge in [0.15, 0.2) is 0 Å². The maximum atomic E-state index is 11.2. The van der Waals surface area contributed by atoms with Crippen molar-refractivity contribution in [3.05, 3.63) is 11.6 Å². The number of hydrogen-bond donors (Lipinski definition) is 1. The summed E-state index contributed by atoms with van der Waals surface area (Å²) in [5, 5.41) is 2.75. The third kappa shape index (κ3) is 2.35. The Bertz CT molecular complexity index is 175. The quantitative estimate of drug-likeness (QED) is 0.629. The molecule has 0 spiro atoms. The number of hydrogen-bond acceptors (Lipinski definition) is 2. The zero-order valence-electron chi connectivity index (χ0n) is 6.72. The maximum Gasteiger partial charge on any atom is 0.247 e. The molecule has 0 saturated heterocycles. The summed E-state index contributed by atoms with van der Waals surface area (Å²) in [4.78, 5) is 11.2. The Kier molecular flexibility index (Phi) is 3.11. The summed E-state index contributed by atoms with van der Waals surface area (Å²) in [6.45, 7) is 3.85. The van der Waals surface area contributed by atoms with Crippen molar-refractivity contribution >= 4 is 5.91 Å². The third-order valence-corrected chi connectivity index (χ3v) is 1.59. The monoisotopic (exact) mass is 155 g/mol. The molecular weight excluding hydrogens is 142 g/mol. The van der Waals surface area contributed by atoms with Gasteiger partial charge in [0.2, 0.25) is 5.91 Å². The number of nitrogens with one attached hydrogen (secondary N) is 1. The largest absolute Gasteiger partial charge is 0.377 e. The Morgan fingerprint density at radius 2 is 2.64 bits per heavy atom. The van der Waals surface area contributed by atoms with Crippen molar-refractivity contribution in [3.63, 3.8) is 0 Å². The van der Waals surface area contributed by atoms with Crippen LogP contribution in [0.4, 0.5) is 0 Å². The summed E-state index contributed by atoms with van der Waals surface area (Å²) >= 11 is 0. The molecule has 1 N–H and O–H groups in total. The highest BCUT2D eigenvalue weighted by Gasteiger charge is 2.10. The van der Waals surface area contributed by atoms with Gasteiger partial charge >= 0.3 is 0 Å². The highest BCUT2D eigenvalue weighted by atomic mass is 16.5. The van der Waals surface area contributed by atoms with E-state index < -0.39 is 0 Å². The average Bonchev–Trinajstić information content (AvgIpc) is 2.07. The predicted octanol–water partition coefficient (Wildman–Crippen LogP) is 0.469. The topological polar surface area (TPSA) is 38.3 Å². The fourth-order valence-corrected chi connectivity index (χ4v) is 1.01. The van der Waals surface area contributed by atoms with Crippen LogP contribution in [0.3, 0.4) is 0 Å². The summed E-state index contributed by atoms with van der Waals surface area (Å²) < 4.78 is 5.07. The number of carbonyl (C=O) groups is 1. The van der Waals surface area contributed by atoms with Crippen molar-refractivity contribution in [3.8, 4) is 0 Å². The second-order valence-corrected chi connectivity index (χ2v) is 2.41. The molecular formula is C8H13NO2. The molecule has 0 aromatic heterocycles. The van der Waals surface area contributed by atoms with E-state index in [0.717, 1.165) is 12.0 Å². The lowest BCUT2D eigenvalue weighted by Crippen LogP contribution is -2.26. The summed E-state index contributed by atoms with van der Waals surface area (Å²) in [5.74, 6) is 0.0517. The molecule has 0 saturated carbocycles. The third-order valence-electron chi connectivity index (χ3n) is 1.59. The van der Waals surface area contributed by atoms with E-state index in [1.807, 2.05) is 13.0 Å². The lowest BCUT2D eigenvalue weighted by Gasteiger charge is -2.12. The van der Waals surface area contributed by atoms with Crippen LogP contribution in [-0.4, -0.2) is 25.7 Å². The molecule has 0 aromatic rings. The van der Waals surface area contributed by atoms with Gasteiger partial charge in [0.1, 0.15) is 0 Å². The molecule has 3 nitrogen and oxygen atoms in total. The van der Waals surface area contributed by atoms with Crippen LogP contribution in [0.2, 0.25) is 0 Å². The minimum atomic E-state index is 0.0517. The molecule has 3 heteroatoms. The van der Waals surface area contributed by atoms with E-state index in [2.05, 4.69) is 5.32 Å². The van der Waals surface area contributed by atoms with Gasteiger partial charge in [0.25, 0.3) is 0 Å². The minimum absolute atomic E-state index is 0.0517. The molecule has 0 radical (unpaired) electrons. The van der Waals surface area contributed by atoms with Crippen molar-refractivity contribution < 1.29 is 9.53 Å². The van der Waals surface area contributed by atoms with Crippen LogP contribution in [0, 0.1) is 0 Å². The first kappa shape index (κ1) is 8.27. The van der Waals surface area contributed by atoms with E-state index in [-0.39, 0.29) is 5.91 Å². The summed E-state index contributed by atoms with van der Waals surface area (Å²) in [6, 6.07) is 0. The zero-order valence-corrected chi connectivity index (χ0v) is 6.72. The van der Waals surface area contributed by atoms with E-state index in [4.69, 9.17) is 4.74 Å². The van der Waals surface area contributed by atoms with Gasteiger partial charge in [0, 0.05) is 18.5 Å². The van der Waals surface area contributed by atoms with Gasteiger partial charge < -0.3 is 10.1 Å². The highest BCUT2D eigenvalue weighted by molar-refractivity contribution is 5.93. The van der Waals surface area contributed by atoms with Gasteiger partial charge in [-0.25, -0.2) is 0 Å². The molecule has 0 bridgehead atoms. The van der Waals surface area contributed by atoms with E-state index in [0.29, 0.717) is 19.8 Å². The van der Waals surface area contributed by atoms with Gasteiger partial charge in [-0.15, -0.1) is 0 Å². The Morgan fingerprint density at radius 3 is 3.18 bits per heavy atom. The average molecular weight is 155 g/mol. The van der Waals surface area contributed by atoms with E-state index >= 15 is 0 Å². The van der Waals surface area contributed by atoms with Gasteiger partial charge in [0.05, 0.1) is 13.2 Å². The molecule has 1 aliphatic rings. The van der Waals surface area contributed by atoms with Crippen LogP contribution in [0.5, 0.6) is 0 Å². The molecule has 0 fully saturated rings. The smallest absolute Gasteiger partial charge is 0.247 e. The first-order chi connectivity index (χ1) is 5.34. The highest BCUT2D eigenvalue weighted by Crippen LogP contribution is 2.06. The minimum Gasteiger partial charge on any atom is -0.377 e. The normalized spacial score (nSPS) is 17.4. The summed E-state index contributed by atoms with van der Waals surface area (Å²) in [7, 11) is 0. The van der Waals surface area contributed by atoms with Crippen molar-refractivity contribution in [2.75, 3.05) is 19.8 Å². The molecule has 0 aliphatic carbocycles. The van der Waals surface area contributed by atoms with E-state index in [9.17, 15) is 4.79 Å². The van der Waals surface area contributed by atoms with E-state index in [1.165, 1.54) is 0 Å². The fraction of sp³-hybridized carbons (Fsp3) is 0.625. The Morgan fingerprint density at radius 1 is 1.82 bits per heavy atom. The number of rotatable bonds is 2. The summed E-state index contributed by atoms with van der Waals surface area (Å²) in [6.07, 6.45) is 2.58. The van der Waals surface area contributed by atoms with Crippen molar-refractivity contribution in [1.82, 2.24) is 5.32 Å². The Labute approximate surface area is 66.4 Å². The number of likely N-dealkylation sites (N-methyl/N-ethyl adjacent to an activating group) is 1. The second kappa shape index (κ2) is 4.13. The van der Waals surface area contributed by atoms with Crippen molar-refractivity contribution in [2.45, 2.75) is 13.3 Å². The first-order valence-electron chi connectivity index (χ1n) is 3.89. The van der Waals surface area contributed by atoms with Crippen LogP contribution in [-0.2, 0) is 9.53 Å². The lowest BCUT2D eigenvalue weighted by molar-refractivity contribution is -0.117. The molecule has 1 rings (SSSR count). The molecule has 11 heavy (non-hydrogen) atoms. The molecule has 62 valence electrons. The van der Waals surface area contributed by atoms with Crippen LogP contribution >= 0.6 is 0 Å². The first-order valence-corrected chi connectivity index (χ1v) is 3.89. The van der Waals surface area contributed by atoms with Crippen LogP contribution < -0.4 is 5.32 Å². The van der Waals surface area contributed by atoms with E-state index in [1.54, 1.807) is 0 Å².